The summed E-state index contributed by atoms with van der Waals surface area (Å²) in [6, 6.07) is 0. The van der Waals surface area contributed by atoms with Gasteiger partial charge in [0.1, 0.15) is 0 Å². The Balaban J connectivity index is 2.72. The molecule has 5 nitrogen and oxygen atoms in total. The fourth-order valence-corrected chi connectivity index (χ4v) is 4.36. The first kappa shape index (κ1) is 15.2. The van der Waals surface area contributed by atoms with Gasteiger partial charge in [0, 0.05) is 13.6 Å². The fourth-order valence-electron chi connectivity index (χ4n) is 2.38. The Morgan fingerprint density at radius 3 is 2.72 bits per heavy atom. The fraction of sp³-hybridized carbons (Fsp3) is 0.750. The molecule has 0 aliphatic heterocycles. The van der Waals surface area contributed by atoms with Gasteiger partial charge < -0.3 is 5.11 Å². The van der Waals surface area contributed by atoms with E-state index in [4.69, 9.17) is 5.11 Å². The zero-order chi connectivity index (χ0) is 13.8. The maximum Gasteiger partial charge on any atom is 0.307 e. The summed E-state index contributed by atoms with van der Waals surface area (Å²) in [4.78, 5) is 11.0. The van der Waals surface area contributed by atoms with Gasteiger partial charge in [-0.3, -0.25) is 4.79 Å². The van der Waals surface area contributed by atoms with Gasteiger partial charge in [-0.05, 0) is 25.7 Å². The first-order valence-corrected chi connectivity index (χ1v) is 7.70. The molecule has 0 spiro atoms. The van der Waals surface area contributed by atoms with Gasteiger partial charge in [-0.15, -0.1) is 6.58 Å². The van der Waals surface area contributed by atoms with Gasteiger partial charge in [-0.1, -0.05) is 12.5 Å². The van der Waals surface area contributed by atoms with Crippen LogP contribution in [0.1, 0.15) is 32.1 Å². The Kier molecular flexibility index (Phi) is 5.34. The van der Waals surface area contributed by atoms with Gasteiger partial charge in [-0.2, -0.15) is 0 Å². The summed E-state index contributed by atoms with van der Waals surface area (Å²) in [5, 5.41) is 8.29. The highest BCUT2D eigenvalue weighted by Gasteiger charge is 2.43. The smallest absolute Gasteiger partial charge is 0.307 e. The molecular formula is C12H21NO4S. The Hall–Kier alpha value is -0.880. The van der Waals surface area contributed by atoms with E-state index < -0.39 is 27.2 Å². The van der Waals surface area contributed by atoms with Crippen LogP contribution in [0.4, 0.5) is 0 Å². The van der Waals surface area contributed by atoms with Crippen molar-refractivity contribution in [2.24, 2.45) is 5.92 Å². The third-order valence-corrected chi connectivity index (χ3v) is 5.85. The maximum atomic E-state index is 12.3. The van der Waals surface area contributed by atoms with Crippen molar-refractivity contribution >= 4 is 16.0 Å². The molecule has 1 fully saturated rings. The minimum absolute atomic E-state index is 0.414. The average molecular weight is 275 g/mol. The van der Waals surface area contributed by atoms with Crippen LogP contribution in [0.15, 0.2) is 12.7 Å². The topological polar surface area (TPSA) is 74.7 Å². The van der Waals surface area contributed by atoms with Crippen LogP contribution in [0.3, 0.4) is 0 Å². The van der Waals surface area contributed by atoms with Crippen LogP contribution in [-0.2, 0) is 14.8 Å². The lowest BCUT2D eigenvalue weighted by Gasteiger charge is -2.23. The molecule has 0 aromatic rings. The number of unbranched alkanes of at least 4 members (excludes halogenated alkanes) is 1. The molecule has 1 aliphatic rings. The quantitative estimate of drug-likeness (QED) is 0.564. The predicted octanol–water partition coefficient (Wildman–Crippen LogP) is 1.47. The number of carbonyl (C=O) groups is 1. The van der Waals surface area contributed by atoms with Gasteiger partial charge in [-0.25, -0.2) is 12.7 Å². The van der Waals surface area contributed by atoms with Gasteiger partial charge in [0.05, 0.1) is 11.2 Å². The number of rotatable bonds is 7. The largest absolute Gasteiger partial charge is 0.481 e. The van der Waals surface area contributed by atoms with Crippen molar-refractivity contribution in [2.45, 2.75) is 37.4 Å². The van der Waals surface area contributed by atoms with Crippen molar-refractivity contribution in [2.75, 3.05) is 13.6 Å². The normalized spacial score (nSPS) is 24.3. The number of carboxylic acids is 1. The van der Waals surface area contributed by atoms with Gasteiger partial charge >= 0.3 is 5.97 Å². The van der Waals surface area contributed by atoms with Gasteiger partial charge in [0.25, 0.3) is 0 Å². The van der Waals surface area contributed by atoms with Crippen LogP contribution in [0.25, 0.3) is 0 Å². The summed E-state index contributed by atoms with van der Waals surface area (Å²) in [5.74, 6) is -1.75. The second-order valence-electron chi connectivity index (χ2n) is 4.71. The Labute approximate surface area is 109 Å². The molecule has 0 aromatic heterocycles. The number of hydrogen-bond donors (Lipinski definition) is 1. The van der Waals surface area contributed by atoms with Crippen molar-refractivity contribution in [1.82, 2.24) is 4.31 Å². The van der Waals surface area contributed by atoms with E-state index in [0.29, 0.717) is 32.2 Å². The molecule has 18 heavy (non-hydrogen) atoms. The van der Waals surface area contributed by atoms with Gasteiger partial charge in [0.2, 0.25) is 10.0 Å². The third kappa shape index (κ3) is 3.32. The zero-order valence-corrected chi connectivity index (χ0v) is 11.5. The van der Waals surface area contributed by atoms with Crippen LogP contribution >= 0.6 is 0 Å². The monoisotopic (exact) mass is 275 g/mol. The van der Waals surface area contributed by atoms with Crippen molar-refractivity contribution in [3.63, 3.8) is 0 Å². The lowest BCUT2D eigenvalue weighted by atomic mass is 10.1. The average Bonchev–Trinajstić information content (AvgIpc) is 2.78. The van der Waals surface area contributed by atoms with Crippen molar-refractivity contribution in [3.8, 4) is 0 Å². The molecule has 2 unspecified atom stereocenters. The molecule has 1 N–H and O–H groups in total. The van der Waals surface area contributed by atoms with Gasteiger partial charge in [0.15, 0.2) is 0 Å². The molecule has 1 saturated carbocycles. The zero-order valence-electron chi connectivity index (χ0n) is 10.7. The molecule has 0 amide bonds. The van der Waals surface area contributed by atoms with E-state index in [1.54, 1.807) is 6.08 Å². The summed E-state index contributed by atoms with van der Waals surface area (Å²) in [7, 11) is -1.97. The van der Waals surface area contributed by atoms with E-state index in [1.807, 2.05) is 0 Å². The Morgan fingerprint density at radius 1 is 1.50 bits per heavy atom. The summed E-state index contributed by atoms with van der Waals surface area (Å²) in [6.07, 6.45) is 4.79. The first-order valence-electron chi connectivity index (χ1n) is 6.20. The van der Waals surface area contributed by atoms with E-state index in [9.17, 15) is 13.2 Å². The van der Waals surface area contributed by atoms with E-state index in [1.165, 1.54) is 11.4 Å². The van der Waals surface area contributed by atoms with Crippen LogP contribution < -0.4 is 0 Å². The second-order valence-corrected chi connectivity index (χ2v) is 6.97. The number of sulfonamides is 1. The number of allylic oxidation sites excluding steroid dienone is 1. The van der Waals surface area contributed by atoms with E-state index >= 15 is 0 Å². The van der Waals surface area contributed by atoms with Crippen LogP contribution in [0.5, 0.6) is 0 Å². The van der Waals surface area contributed by atoms with Crippen molar-refractivity contribution in [1.29, 1.82) is 0 Å². The lowest BCUT2D eigenvalue weighted by Crippen LogP contribution is -2.40. The number of aliphatic carboxylic acids is 1. The molecule has 0 bridgehead atoms. The van der Waals surface area contributed by atoms with Crippen LogP contribution in [0, 0.1) is 5.92 Å². The molecule has 1 aliphatic carbocycles. The molecule has 0 heterocycles. The van der Waals surface area contributed by atoms with E-state index in [2.05, 4.69) is 6.58 Å². The summed E-state index contributed by atoms with van der Waals surface area (Å²) >= 11 is 0. The SMILES string of the molecule is C=CCCCN(C)S(=O)(=O)C1CCCC1C(=O)O. The molecule has 0 aromatic carbocycles. The number of carboxylic acid groups (broad SMARTS) is 1. The Bertz CT molecular complexity index is 404. The summed E-state index contributed by atoms with van der Waals surface area (Å²) in [6.45, 7) is 4.00. The van der Waals surface area contributed by atoms with Crippen molar-refractivity contribution < 1.29 is 18.3 Å². The molecule has 2 atom stereocenters. The highest BCUT2D eigenvalue weighted by Crippen LogP contribution is 2.32. The van der Waals surface area contributed by atoms with E-state index in [0.717, 1.165) is 6.42 Å². The van der Waals surface area contributed by atoms with Crippen molar-refractivity contribution in [3.05, 3.63) is 12.7 Å². The summed E-state index contributed by atoms with van der Waals surface area (Å²) < 4.78 is 25.9. The first-order chi connectivity index (χ1) is 8.41. The highest BCUT2D eigenvalue weighted by atomic mass is 32.2. The molecule has 104 valence electrons. The maximum absolute atomic E-state index is 12.3. The van der Waals surface area contributed by atoms with Crippen LogP contribution in [0.2, 0.25) is 0 Å². The molecule has 0 saturated heterocycles. The predicted molar refractivity (Wildman–Crippen MR) is 69.7 cm³/mol. The third-order valence-electron chi connectivity index (χ3n) is 3.47. The van der Waals surface area contributed by atoms with E-state index in [-0.39, 0.29) is 0 Å². The number of hydrogen-bond acceptors (Lipinski definition) is 3. The Morgan fingerprint density at radius 2 is 2.17 bits per heavy atom. The number of nitrogens with zero attached hydrogens (tertiary/aromatic N) is 1. The second kappa shape index (κ2) is 6.33. The molecule has 1 rings (SSSR count). The van der Waals surface area contributed by atoms with Crippen LogP contribution in [-0.4, -0.2) is 42.6 Å². The summed E-state index contributed by atoms with van der Waals surface area (Å²) in [5.41, 5.74) is 0. The highest BCUT2D eigenvalue weighted by molar-refractivity contribution is 7.89. The molecular weight excluding hydrogens is 254 g/mol. The lowest BCUT2D eigenvalue weighted by molar-refractivity contribution is -0.141. The molecule has 0 radical (unpaired) electrons. The standard InChI is InChI=1S/C12H21NO4S/c1-3-4-5-9-13(2)18(16,17)11-8-6-7-10(11)12(14)15/h3,10-11H,1,4-9H2,2H3,(H,14,15). The minimum Gasteiger partial charge on any atom is -0.481 e. The minimum atomic E-state index is -3.50. The molecule has 6 heteroatoms.